The molecule has 9 rings (SSSR count). The molecule has 0 aliphatic rings. The fourth-order valence-corrected chi connectivity index (χ4v) is 9.25. The Morgan fingerprint density at radius 3 is 1.72 bits per heavy atom. The zero-order valence-electron chi connectivity index (χ0n) is 41.9. The number of fused-ring (bicyclic) bond motifs is 3. The van der Waals surface area contributed by atoms with E-state index in [0.717, 1.165) is 44.6 Å². The molecule has 6 heteroatoms. The van der Waals surface area contributed by atoms with E-state index >= 15 is 0 Å². The summed E-state index contributed by atoms with van der Waals surface area (Å²) in [7, 11) is 0. The van der Waals surface area contributed by atoms with Crippen molar-refractivity contribution in [3.05, 3.63) is 209 Å². The van der Waals surface area contributed by atoms with Gasteiger partial charge in [-0.3, -0.25) is 4.57 Å². The van der Waals surface area contributed by atoms with Gasteiger partial charge in [0.05, 0.1) is 5.69 Å². The van der Waals surface area contributed by atoms with Gasteiger partial charge >= 0.3 is 0 Å². The molecule has 3 aromatic heterocycles. The van der Waals surface area contributed by atoms with Crippen molar-refractivity contribution in [1.82, 2.24) is 14.1 Å². The maximum absolute atomic E-state index is 7.08. The van der Waals surface area contributed by atoms with Gasteiger partial charge in [0.1, 0.15) is 5.82 Å². The molecule has 0 aliphatic carbocycles. The van der Waals surface area contributed by atoms with Gasteiger partial charge in [-0.25, -0.2) is 4.98 Å². The number of rotatable bonds is 9. The minimum absolute atomic E-state index is 0. The van der Waals surface area contributed by atoms with Crippen molar-refractivity contribution in [2.24, 2.45) is 0 Å². The van der Waals surface area contributed by atoms with Crippen molar-refractivity contribution >= 4 is 21.8 Å². The normalized spacial score (nSPS) is 12.7. The third-order valence-electron chi connectivity index (χ3n) is 13.7. The van der Waals surface area contributed by atoms with Gasteiger partial charge in [0.25, 0.3) is 6.33 Å². The summed E-state index contributed by atoms with van der Waals surface area (Å²) >= 11 is 0. The Morgan fingerprint density at radius 2 is 1.10 bits per heavy atom. The smallest absolute Gasteiger partial charge is 0.267 e. The van der Waals surface area contributed by atoms with Crippen LogP contribution in [-0.4, -0.2) is 14.1 Å². The van der Waals surface area contributed by atoms with E-state index in [1.54, 1.807) is 0 Å². The Hall–Kier alpha value is -6.03. The zero-order valence-corrected chi connectivity index (χ0v) is 44.2. The summed E-state index contributed by atoms with van der Waals surface area (Å²) in [6.07, 6.45) is 9.76. The third-order valence-corrected chi connectivity index (χ3v) is 13.7. The van der Waals surface area contributed by atoms with Gasteiger partial charge in [0.15, 0.2) is 0 Å². The van der Waals surface area contributed by atoms with Crippen LogP contribution in [0.1, 0.15) is 129 Å². The minimum atomic E-state index is -0.369. The first-order valence-corrected chi connectivity index (χ1v) is 23.6. The Kier molecular flexibility index (Phi) is 12.7. The van der Waals surface area contributed by atoms with E-state index in [1.165, 1.54) is 33.4 Å². The van der Waals surface area contributed by atoms with Gasteiger partial charge in [0.2, 0.25) is 0 Å². The summed E-state index contributed by atoms with van der Waals surface area (Å²) in [6.45, 7) is 29.5. The van der Waals surface area contributed by atoms with E-state index in [2.05, 4.69) is 263 Å². The standard InChI is InChI=1S/C62H64N4O.Pt/c1-58(2,3)44-28-29-63-56(37-44)66-54-27-21-20-26-52(54)57-53(60(7,8)9)39-51(40-55(57)66)67-50-36-47(62(12,13)43-24-18-15-19-25-43)35-49(38-50)65-31-30-64(41-65)48-33-45(59(4,5)6)32-46(34-48)61(10,11)42-22-16-14-17-23-42;/h14-37,39H,1-13H3;/q-2;. The molecule has 68 heavy (non-hydrogen) atoms. The fraction of sp³-hybridized carbons (Fsp3) is 0.290. The average Bonchev–Trinajstić information content (AvgIpc) is 3.92. The zero-order chi connectivity index (χ0) is 47.7. The van der Waals surface area contributed by atoms with E-state index < -0.39 is 0 Å². The molecule has 9 aromatic rings. The second-order valence-electron chi connectivity index (χ2n) is 22.4. The van der Waals surface area contributed by atoms with E-state index in [0.29, 0.717) is 11.5 Å². The molecule has 0 amide bonds. The Labute approximate surface area is 419 Å². The van der Waals surface area contributed by atoms with Crippen molar-refractivity contribution in [2.45, 2.75) is 117 Å². The third kappa shape index (κ3) is 9.27. The molecule has 0 atom stereocenters. The number of aromatic nitrogens is 4. The van der Waals surface area contributed by atoms with Gasteiger partial charge in [-0.05, 0) is 90.9 Å². The monoisotopic (exact) mass is 1080 g/mol. The van der Waals surface area contributed by atoms with Gasteiger partial charge in [-0.1, -0.05) is 186 Å². The number of ether oxygens (including phenoxy) is 1. The summed E-state index contributed by atoms with van der Waals surface area (Å²) in [4.78, 5) is 4.97. The van der Waals surface area contributed by atoms with Gasteiger partial charge in [-0.2, -0.15) is 6.07 Å². The van der Waals surface area contributed by atoms with E-state index in [4.69, 9.17) is 9.72 Å². The number of pyridine rings is 1. The second-order valence-corrected chi connectivity index (χ2v) is 22.4. The van der Waals surface area contributed by atoms with Crippen molar-refractivity contribution in [2.75, 3.05) is 0 Å². The van der Waals surface area contributed by atoms with Crippen molar-refractivity contribution in [3.63, 3.8) is 0 Å². The summed E-state index contributed by atoms with van der Waals surface area (Å²) < 4.78 is 13.5. The first kappa shape index (κ1) is 48.4. The van der Waals surface area contributed by atoms with Gasteiger partial charge < -0.3 is 13.9 Å². The van der Waals surface area contributed by atoms with Crippen LogP contribution in [0.15, 0.2) is 152 Å². The molecule has 350 valence electrons. The average molecular weight is 1080 g/mol. The number of benzene rings is 6. The molecule has 3 heterocycles. The Balaban J connectivity index is 0.00000625. The van der Waals surface area contributed by atoms with Crippen LogP contribution in [0.5, 0.6) is 11.5 Å². The molecule has 0 unspecified atom stereocenters. The number of hydrogen-bond donors (Lipinski definition) is 0. The topological polar surface area (TPSA) is 35.9 Å². The molecule has 0 saturated carbocycles. The number of imidazole rings is 1. The molecular formula is C62H64N4OPt-2. The predicted octanol–water partition coefficient (Wildman–Crippen LogP) is 15.0. The molecule has 0 radical (unpaired) electrons. The summed E-state index contributed by atoms with van der Waals surface area (Å²) in [5, 5.41) is 2.31. The summed E-state index contributed by atoms with van der Waals surface area (Å²) in [5.41, 5.74) is 11.4. The van der Waals surface area contributed by atoms with Crippen molar-refractivity contribution in [3.8, 4) is 28.7 Å². The van der Waals surface area contributed by atoms with Crippen LogP contribution in [0.4, 0.5) is 0 Å². The maximum atomic E-state index is 7.08. The summed E-state index contributed by atoms with van der Waals surface area (Å²) in [6, 6.07) is 55.4. The van der Waals surface area contributed by atoms with Crippen LogP contribution in [0, 0.1) is 18.5 Å². The molecule has 0 aliphatic heterocycles. The summed E-state index contributed by atoms with van der Waals surface area (Å²) in [5.74, 6) is 2.06. The minimum Gasteiger partial charge on any atom is -0.510 e. The van der Waals surface area contributed by atoms with Gasteiger partial charge in [-0.15, -0.1) is 35.4 Å². The van der Waals surface area contributed by atoms with E-state index in [9.17, 15) is 0 Å². The Morgan fingerprint density at radius 1 is 0.529 bits per heavy atom. The molecule has 0 saturated heterocycles. The Bertz CT molecular complexity index is 3260. The largest absolute Gasteiger partial charge is 0.510 e. The van der Waals surface area contributed by atoms with Gasteiger partial charge in [0, 0.05) is 62.1 Å². The van der Waals surface area contributed by atoms with E-state index in [-0.39, 0.29) is 48.1 Å². The second kappa shape index (κ2) is 17.8. The van der Waals surface area contributed by atoms with E-state index in [1.807, 2.05) is 10.8 Å². The number of nitrogens with zero attached hydrogens (tertiary/aromatic N) is 4. The SMILES string of the molecule is CC(C)(C)c1cc(-[n+]2[c-]n(-c3[c-]c(Oc4[c-]c5c(c(C(C)(C)C)c4)c4ccccc4n5-c4cc(C(C)(C)C)ccn4)cc(C(C)(C)c4ccccc4)c3)cc2)cc(C(C)(C)c2ccccc2)c1.[Pt]. The van der Waals surface area contributed by atoms with Crippen LogP contribution in [0.3, 0.4) is 0 Å². The van der Waals surface area contributed by atoms with Crippen LogP contribution in [-0.2, 0) is 48.1 Å². The van der Waals surface area contributed by atoms with Crippen LogP contribution < -0.4 is 9.30 Å². The number of hydrogen-bond acceptors (Lipinski definition) is 2. The van der Waals surface area contributed by atoms with Crippen LogP contribution in [0.2, 0.25) is 0 Å². The quantitative estimate of drug-likeness (QED) is 0.107. The molecule has 0 bridgehead atoms. The molecular weight excluding hydrogens is 1010 g/mol. The van der Waals surface area contributed by atoms with Crippen LogP contribution >= 0.6 is 0 Å². The molecule has 6 aromatic carbocycles. The predicted molar refractivity (Wildman–Crippen MR) is 276 cm³/mol. The van der Waals surface area contributed by atoms with Crippen molar-refractivity contribution < 1.29 is 30.4 Å². The number of para-hydroxylation sites is 1. The first-order valence-electron chi connectivity index (χ1n) is 23.6. The van der Waals surface area contributed by atoms with Crippen LogP contribution in [0.25, 0.3) is 39.0 Å². The molecule has 0 fully saturated rings. The first-order chi connectivity index (χ1) is 31.6. The fourth-order valence-electron chi connectivity index (χ4n) is 9.25. The molecule has 0 spiro atoms. The maximum Gasteiger partial charge on any atom is 0.267 e. The van der Waals surface area contributed by atoms with Crippen molar-refractivity contribution in [1.29, 1.82) is 0 Å². The molecule has 5 nitrogen and oxygen atoms in total. The molecule has 0 N–H and O–H groups in total.